The summed E-state index contributed by atoms with van der Waals surface area (Å²) in [7, 11) is 0. The molecule has 0 radical (unpaired) electrons. The van der Waals surface area contributed by atoms with Crippen LogP contribution >= 0.6 is 0 Å². The van der Waals surface area contributed by atoms with Gasteiger partial charge < -0.3 is 5.32 Å². The summed E-state index contributed by atoms with van der Waals surface area (Å²) in [5, 5.41) is 2.30. The normalized spacial score (nSPS) is 10.5. The fourth-order valence-electron chi connectivity index (χ4n) is 1.88. The molecule has 2 rings (SSSR count). The van der Waals surface area contributed by atoms with Crippen LogP contribution in [0.25, 0.3) is 0 Å². The van der Waals surface area contributed by atoms with Gasteiger partial charge in [-0.1, -0.05) is 6.07 Å². The smallest absolute Gasteiger partial charge is 0.257 e. The number of amides is 1. The first-order valence-corrected chi connectivity index (χ1v) is 6.14. The lowest BCUT2D eigenvalue weighted by molar-refractivity contribution is 0.0945. The lowest BCUT2D eigenvalue weighted by Gasteiger charge is -2.07. The van der Waals surface area contributed by atoms with Crippen LogP contribution in [0.5, 0.6) is 0 Å². The maximum Gasteiger partial charge on any atom is 0.257 e. The highest BCUT2D eigenvalue weighted by Gasteiger charge is 2.16. The third-order valence-electron chi connectivity index (χ3n) is 2.81. The van der Waals surface area contributed by atoms with Crippen LogP contribution in [-0.4, -0.2) is 12.5 Å². The van der Waals surface area contributed by atoms with Crippen LogP contribution in [0.2, 0.25) is 0 Å². The quantitative estimate of drug-likeness (QED) is 0.863. The molecular formula is C15H11F4NO. The molecule has 1 N–H and O–H groups in total. The molecule has 1 amide bonds. The molecule has 0 aliphatic rings. The van der Waals surface area contributed by atoms with Crippen LogP contribution in [0, 0.1) is 23.3 Å². The van der Waals surface area contributed by atoms with E-state index in [0.29, 0.717) is 5.56 Å². The maximum atomic E-state index is 13.4. The average Bonchev–Trinajstić information content (AvgIpc) is 2.37. The molecule has 2 aromatic rings. The van der Waals surface area contributed by atoms with Crippen LogP contribution in [-0.2, 0) is 6.42 Å². The van der Waals surface area contributed by atoms with Gasteiger partial charge in [-0.2, -0.15) is 0 Å². The lowest BCUT2D eigenvalue weighted by atomic mass is 10.1. The van der Waals surface area contributed by atoms with E-state index in [1.165, 1.54) is 0 Å². The second-order valence-corrected chi connectivity index (χ2v) is 4.38. The van der Waals surface area contributed by atoms with Crippen molar-refractivity contribution >= 4 is 5.91 Å². The Labute approximate surface area is 118 Å². The molecular weight excluding hydrogens is 286 g/mol. The molecule has 0 fully saturated rings. The van der Waals surface area contributed by atoms with E-state index in [0.717, 1.165) is 36.4 Å². The molecule has 6 heteroatoms. The maximum absolute atomic E-state index is 13.4. The Morgan fingerprint density at radius 1 is 0.952 bits per heavy atom. The number of benzene rings is 2. The minimum atomic E-state index is -0.968. The Hall–Kier alpha value is -2.37. The number of nitrogens with one attached hydrogen (secondary N) is 1. The zero-order valence-corrected chi connectivity index (χ0v) is 10.8. The molecule has 0 unspecified atom stereocenters. The Kier molecular flexibility index (Phi) is 4.57. The summed E-state index contributed by atoms with van der Waals surface area (Å²) in [5.74, 6) is -4.30. The zero-order valence-electron chi connectivity index (χ0n) is 10.8. The molecule has 0 atom stereocenters. The van der Waals surface area contributed by atoms with Gasteiger partial charge in [0.1, 0.15) is 28.8 Å². The fourth-order valence-corrected chi connectivity index (χ4v) is 1.88. The standard InChI is InChI=1S/C15H11F4NO/c16-10-6-9(7-11(17)8-10)4-5-20-15(21)14-12(18)2-1-3-13(14)19/h1-3,6-8H,4-5H2,(H,20,21). The monoisotopic (exact) mass is 297 g/mol. The lowest BCUT2D eigenvalue weighted by Crippen LogP contribution is -2.27. The molecule has 2 aromatic carbocycles. The molecule has 2 nitrogen and oxygen atoms in total. The van der Waals surface area contributed by atoms with Gasteiger partial charge in [-0.15, -0.1) is 0 Å². The Bertz CT molecular complexity index is 632. The van der Waals surface area contributed by atoms with E-state index in [1.807, 2.05) is 0 Å². The van der Waals surface area contributed by atoms with Gasteiger partial charge in [0.15, 0.2) is 0 Å². The van der Waals surface area contributed by atoms with Gasteiger partial charge in [-0.25, -0.2) is 17.6 Å². The number of hydrogen-bond donors (Lipinski definition) is 1. The largest absolute Gasteiger partial charge is 0.352 e. The van der Waals surface area contributed by atoms with Gasteiger partial charge in [0, 0.05) is 12.6 Å². The number of halogens is 4. The Morgan fingerprint density at radius 2 is 1.52 bits per heavy atom. The number of rotatable bonds is 4. The highest BCUT2D eigenvalue weighted by molar-refractivity contribution is 5.94. The summed E-state index contributed by atoms with van der Waals surface area (Å²) >= 11 is 0. The van der Waals surface area contributed by atoms with Crippen molar-refractivity contribution < 1.29 is 22.4 Å². The Balaban J connectivity index is 1.99. The van der Waals surface area contributed by atoms with E-state index in [2.05, 4.69) is 5.32 Å². The molecule has 0 bridgehead atoms. The van der Waals surface area contributed by atoms with Crippen molar-refractivity contribution in [2.24, 2.45) is 0 Å². The molecule has 0 spiro atoms. The molecule has 21 heavy (non-hydrogen) atoms. The van der Waals surface area contributed by atoms with E-state index in [1.54, 1.807) is 0 Å². The minimum absolute atomic E-state index is 0.00446. The molecule has 110 valence electrons. The molecule has 0 aromatic heterocycles. The van der Waals surface area contributed by atoms with Crippen molar-refractivity contribution in [3.63, 3.8) is 0 Å². The molecule has 0 saturated carbocycles. The average molecular weight is 297 g/mol. The Morgan fingerprint density at radius 3 is 2.10 bits per heavy atom. The van der Waals surface area contributed by atoms with Crippen molar-refractivity contribution in [3.8, 4) is 0 Å². The predicted molar refractivity (Wildman–Crippen MR) is 68.8 cm³/mol. The van der Waals surface area contributed by atoms with Crippen molar-refractivity contribution in [2.75, 3.05) is 6.54 Å². The number of hydrogen-bond acceptors (Lipinski definition) is 1. The first-order valence-electron chi connectivity index (χ1n) is 6.14. The zero-order chi connectivity index (χ0) is 15.4. The summed E-state index contributed by atoms with van der Waals surface area (Å²) in [6.07, 6.45) is 0.135. The van der Waals surface area contributed by atoms with Gasteiger partial charge in [-0.05, 0) is 36.2 Å². The third kappa shape index (κ3) is 3.81. The number of carbonyl (C=O) groups excluding carboxylic acids is 1. The van der Waals surface area contributed by atoms with Gasteiger partial charge in [0.25, 0.3) is 5.91 Å². The van der Waals surface area contributed by atoms with Crippen LogP contribution in [0.3, 0.4) is 0 Å². The molecule has 0 heterocycles. The minimum Gasteiger partial charge on any atom is -0.352 e. The fraction of sp³-hybridized carbons (Fsp3) is 0.133. The van der Waals surface area contributed by atoms with E-state index in [4.69, 9.17) is 0 Å². The van der Waals surface area contributed by atoms with Crippen LogP contribution in [0.4, 0.5) is 17.6 Å². The molecule has 0 aliphatic heterocycles. The van der Waals surface area contributed by atoms with E-state index >= 15 is 0 Å². The highest BCUT2D eigenvalue weighted by Crippen LogP contribution is 2.12. The highest BCUT2D eigenvalue weighted by atomic mass is 19.1. The van der Waals surface area contributed by atoms with E-state index in [-0.39, 0.29) is 13.0 Å². The van der Waals surface area contributed by atoms with Gasteiger partial charge in [-0.3, -0.25) is 4.79 Å². The van der Waals surface area contributed by atoms with Gasteiger partial charge in [0.2, 0.25) is 0 Å². The summed E-state index contributed by atoms with van der Waals surface area (Å²) in [5.41, 5.74) is -0.343. The molecule has 0 aliphatic carbocycles. The van der Waals surface area contributed by atoms with Crippen LogP contribution < -0.4 is 5.32 Å². The summed E-state index contributed by atoms with van der Waals surface area (Å²) in [6, 6.07) is 6.07. The third-order valence-corrected chi connectivity index (χ3v) is 2.81. The predicted octanol–water partition coefficient (Wildman–Crippen LogP) is 3.22. The van der Waals surface area contributed by atoms with Gasteiger partial charge in [0.05, 0.1) is 0 Å². The van der Waals surface area contributed by atoms with Crippen molar-refractivity contribution in [3.05, 3.63) is 70.8 Å². The SMILES string of the molecule is O=C(NCCc1cc(F)cc(F)c1)c1c(F)cccc1F. The van der Waals surface area contributed by atoms with Gasteiger partial charge >= 0.3 is 0 Å². The van der Waals surface area contributed by atoms with E-state index in [9.17, 15) is 22.4 Å². The summed E-state index contributed by atoms with van der Waals surface area (Å²) in [6.45, 7) is -0.00446. The van der Waals surface area contributed by atoms with Crippen molar-refractivity contribution in [2.45, 2.75) is 6.42 Å². The van der Waals surface area contributed by atoms with Crippen LogP contribution in [0.15, 0.2) is 36.4 Å². The summed E-state index contributed by atoms with van der Waals surface area (Å²) < 4.78 is 52.6. The number of carbonyl (C=O) groups is 1. The first kappa shape index (κ1) is 15.0. The second-order valence-electron chi connectivity index (χ2n) is 4.38. The first-order chi connectivity index (χ1) is 9.97. The van der Waals surface area contributed by atoms with Crippen LogP contribution in [0.1, 0.15) is 15.9 Å². The molecule has 0 saturated heterocycles. The summed E-state index contributed by atoms with van der Waals surface area (Å²) in [4.78, 5) is 11.7. The van der Waals surface area contributed by atoms with E-state index < -0.39 is 34.7 Å². The topological polar surface area (TPSA) is 29.1 Å². The second kappa shape index (κ2) is 6.39. The van der Waals surface area contributed by atoms with Crippen molar-refractivity contribution in [1.82, 2.24) is 5.32 Å². The van der Waals surface area contributed by atoms with Crippen molar-refractivity contribution in [1.29, 1.82) is 0 Å².